The fraction of sp³-hybridized carbons (Fsp3) is 0.111. The molecule has 0 heterocycles. The maximum Gasteiger partial charge on any atom is 0.277 e. The number of methoxy groups -OCH3 is 1. The van der Waals surface area contributed by atoms with Gasteiger partial charge in [-0.05, 0) is 24.3 Å². The molecule has 0 atom stereocenters. The Hall–Kier alpha value is -0.910. The number of sulfonamides is 1. The molecule has 4 nitrogen and oxygen atoms in total. The summed E-state index contributed by atoms with van der Waals surface area (Å²) >= 11 is 11.2. The van der Waals surface area contributed by atoms with E-state index in [4.69, 9.17) is 23.4 Å². The van der Waals surface area contributed by atoms with Gasteiger partial charge in [0.05, 0.1) is 18.2 Å². The lowest BCUT2D eigenvalue weighted by Crippen LogP contribution is -2.16. The van der Waals surface area contributed by atoms with Gasteiger partial charge in [-0.1, -0.05) is 11.6 Å². The second-order valence-electron chi connectivity index (χ2n) is 2.72. The second kappa shape index (κ2) is 5.43. The van der Waals surface area contributed by atoms with Crippen LogP contribution in [-0.2, 0) is 14.8 Å². The molecule has 0 aliphatic carbocycles. The van der Waals surface area contributed by atoms with Gasteiger partial charge in [-0.25, -0.2) is 0 Å². The third kappa shape index (κ3) is 3.04. The topological polar surface area (TPSA) is 46.6 Å². The highest BCUT2D eigenvalue weighted by molar-refractivity contribution is 7.90. The van der Waals surface area contributed by atoms with E-state index in [9.17, 15) is 8.42 Å². The van der Waals surface area contributed by atoms with Crippen LogP contribution in [0.2, 0.25) is 5.02 Å². The highest BCUT2D eigenvalue weighted by atomic mass is 35.5. The summed E-state index contributed by atoms with van der Waals surface area (Å²) < 4.78 is 28.7. The number of rotatable bonds is 4. The molecule has 0 bridgehead atoms. The van der Waals surface area contributed by atoms with E-state index in [1.54, 1.807) is 0 Å². The molecule has 0 aliphatic rings. The average Bonchev–Trinajstić information content (AvgIpc) is 2.26. The quantitative estimate of drug-likeness (QED) is 0.630. The van der Waals surface area contributed by atoms with Gasteiger partial charge in [0.25, 0.3) is 10.0 Å². The minimum Gasteiger partial charge on any atom is -0.503 e. The van der Waals surface area contributed by atoms with Crippen molar-refractivity contribution in [2.75, 3.05) is 7.11 Å². The van der Waals surface area contributed by atoms with E-state index in [0.717, 1.165) is 12.5 Å². The van der Waals surface area contributed by atoms with Crippen molar-refractivity contribution >= 4 is 33.4 Å². The van der Waals surface area contributed by atoms with Crippen LogP contribution in [0.3, 0.4) is 0 Å². The van der Waals surface area contributed by atoms with Gasteiger partial charge in [0, 0.05) is 16.8 Å². The molecule has 0 saturated carbocycles. The second-order valence-corrected chi connectivity index (χ2v) is 5.54. The minimum atomic E-state index is -3.75. The van der Waals surface area contributed by atoms with E-state index in [1.165, 1.54) is 31.4 Å². The van der Waals surface area contributed by atoms with Crippen LogP contribution in [-0.4, -0.2) is 19.4 Å². The highest BCUT2D eigenvalue weighted by Crippen LogP contribution is 2.20. The van der Waals surface area contributed by atoms with Gasteiger partial charge < -0.3 is 4.74 Å². The Balaban J connectivity index is 3.02. The van der Waals surface area contributed by atoms with Crippen molar-refractivity contribution in [3.05, 3.63) is 41.8 Å². The molecule has 7 heteroatoms. The Labute approximate surface area is 104 Å². The third-order valence-electron chi connectivity index (χ3n) is 1.66. The summed E-state index contributed by atoms with van der Waals surface area (Å²) in [6.45, 7) is 0. The molecule has 0 radical (unpaired) electrons. The Morgan fingerprint density at radius 1 is 1.31 bits per heavy atom. The number of ether oxygens (including phenoxy) is 1. The van der Waals surface area contributed by atoms with Crippen LogP contribution in [0.1, 0.15) is 0 Å². The first kappa shape index (κ1) is 13.2. The van der Waals surface area contributed by atoms with Gasteiger partial charge in [-0.2, -0.15) is 12.2 Å². The van der Waals surface area contributed by atoms with Crippen LogP contribution in [0.5, 0.6) is 0 Å². The first-order valence-electron chi connectivity index (χ1n) is 4.13. The Bertz CT molecular complexity index is 470. The molecule has 0 fully saturated rings. The van der Waals surface area contributed by atoms with Gasteiger partial charge in [0.2, 0.25) is 0 Å². The maximum absolute atomic E-state index is 11.8. The van der Waals surface area contributed by atoms with Gasteiger partial charge >= 0.3 is 0 Å². The van der Waals surface area contributed by atoms with Gasteiger partial charge in [-0.3, -0.25) is 0 Å². The molecule has 0 unspecified atom stereocenters. The van der Waals surface area contributed by atoms with E-state index in [-0.39, 0.29) is 4.90 Å². The first-order valence-corrected chi connectivity index (χ1v) is 6.29. The van der Waals surface area contributed by atoms with E-state index in [1.807, 2.05) is 0 Å². The monoisotopic (exact) mass is 281 g/mol. The fourth-order valence-electron chi connectivity index (χ4n) is 0.896. The molecule has 0 spiro atoms. The molecule has 88 valence electrons. The van der Waals surface area contributed by atoms with Gasteiger partial charge in [-0.15, -0.1) is 0 Å². The lowest BCUT2D eigenvalue weighted by atomic mass is 10.4. The molecule has 16 heavy (non-hydrogen) atoms. The zero-order valence-electron chi connectivity index (χ0n) is 8.30. The smallest absolute Gasteiger partial charge is 0.277 e. The normalized spacial score (nSPS) is 11.7. The van der Waals surface area contributed by atoms with Crippen molar-refractivity contribution in [3.63, 3.8) is 0 Å². The van der Waals surface area contributed by atoms with Crippen LogP contribution < -0.4 is 0 Å². The molecule has 1 aromatic rings. The van der Waals surface area contributed by atoms with Crippen LogP contribution in [0.4, 0.5) is 0 Å². The first-order chi connectivity index (χ1) is 7.48. The summed E-state index contributed by atoms with van der Waals surface area (Å²) in [5, 5.41) is 0.451. The Kier molecular flexibility index (Phi) is 4.46. The lowest BCUT2D eigenvalue weighted by Gasteiger charge is -2.11. The molecule has 1 aromatic carbocycles. The van der Waals surface area contributed by atoms with E-state index in [2.05, 4.69) is 4.74 Å². The van der Waals surface area contributed by atoms with Crippen molar-refractivity contribution < 1.29 is 13.2 Å². The lowest BCUT2D eigenvalue weighted by molar-refractivity contribution is 0.334. The molecule has 0 aromatic heterocycles. The Morgan fingerprint density at radius 2 is 1.88 bits per heavy atom. The number of benzene rings is 1. The van der Waals surface area contributed by atoms with Crippen molar-refractivity contribution in [1.82, 2.24) is 3.82 Å². The fourth-order valence-corrected chi connectivity index (χ4v) is 2.20. The number of hydrogen-bond donors (Lipinski definition) is 0. The van der Waals surface area contributed by atoms with Crippen LogP contribution >= 0.6 is 23.4 Å². The van der Waals surface area contributed by atoms with Crippen molar-refractivity contribution in [1.29, 1.82) is 0 Å². The van der Waals surface area contributed by atoms with Crippen LogP contribution in [0.15, 0.2) is 41.6 Å². The number of halogens is 2. The highest BCUT2D eigenvalue weighted by Gasteiger charge is 2.19. The Morgan fingerprint density at radius 3 is 2.38 bits per heavy atom. The predicted octanol–water partition coefficient (Wildman–Crippen LogP) is 2.60. The summed E-state index contributed by atoms with van der Waals surface area (Å²) in [6.07, 6.45) is 2.24. The SMILES string of the molecule is COC=CN(Cl)S(=O)(=O)c1ccc(Cl)cc1. The third-order valence-corrected chi connectivity index (χ3v) is 4.01. The molecule has 0 aliphatic heterocycles. The summed E-state index contributed by atoms with van der Waals surface area (Å²) in [6, 6.07) is 5.68. The largest absolute Gasteiger partial charge is 0.503 e. The molecular weight excluding hydrogens is 273 g/mol. The molecule has 0 N–H and O–H groups in total. The van der Waals surface area contributed by atoms with E-state index >= 15 is 0 Å². The number of hydrogen-bond acceptors (Lipinski definition) is 3. The van der Waals surface area contributed by atoms with Gasteiger partial charge in [0.15, 0.2) is 0 Å². The maximum atomic E-state index is 11.8. The van der Waals surface area contributed by atoms with E-state index < -0.39 is 10.0 Å². The molecular formula is C9H9Cl2NO3S. The standard InChI is InChI=1S/C9H9Cl2NO3S/c1-15-7-6-12(11)16(13,14)9-4-2-8(10)3-5-9/h2-7H,1H3. The van der Waals surface area contributed by atoms with Crippen molar-refractivity contribution in [3.8, 4) is 0 Å². The molecule has 0 amide bonds. The number of nitrogens with zero attached hydrogens (tertiary/aromatic N) is 1. The van der Waals surface area contributed by atoms with Crippen molar-refractivity contribution in [2.24, 2.45) is 0 Å². The summed E-state index contributed by atoms with van der Waals surface area (Å²) in [7, 11) is -2.37. The average molecular weight is 282 g/mol. The summed E-state index contributed by atoms with van der Waals surface area (Å²) in [4.78, 5) is 0.0488. The van der Waals surface area contributed by atoms with Crippen molar-refractivity contribution in [2.45, 2.75) is 4.90 Å². The molecule has 1 rings (SSSR count). The van der Waals surface area contributed by atoms with Crippen LogP contribution in [0, 0.1) is 0 Å². The van der Waals surface area contributed by atoms with E-state index in [0.29, 0.717) is 8.85 Å². The predicted molar refractivity (Wildman–Crippen MR) is 62.5 cm³/mol. The minimum absolute atomic E-state index is 0.0488. The zero-order chi connectivity index (χ0) is 12.2. The van der Waals surface area contributed by atoms with Gasteiger partial charge in [0.1, 0.15) is 6.26 Å². The summed E-state index contributed by atoms with van der Waals surface area (Å²) in [5.74, 6) is 0. The zero-order valence-corrected chi connectivity index (χ0v) is 10.6. The molecule has 0 saturated heterocycles. The van der Waals surface area contributed by atoms with Crippen LogP contribution in [0.25, 0.3) is 0 Å². The summed E-state index contributed by atoms with van der Waals surface area (Å²) in [5.41, 5.74) is 0.